The Hall–Kier alpha value is -1.94. The van der Waals surface area contributed by atoms with Crippen LogP contribution in [0.15, 0.2) is 59.5 Å². The summed E-state index contributed by atoms with van der Waals surface area (Å²) in [6.07, 6.45) is 1.97. The van der Waals surface area contributed by atoms with Crippen molar-refractivity contribution in [2.75, 3.05) is 7.11 Å². The summed E-state index contributed by atoms with van der Waals surface area (Å²) in [5.41, 5.74) is 1.16. The number of amides is 1. The molecule has 24 heavy (non-hydrogen) atoms. The van der Waals surface area contributed by atoms with E-state index in [1.54, 1.807) is 18.9 Å². The lowest BCUT2D eigenvalue weighted by molar-refractivity contribution is -0.121. The number of nitrogens with one attached hydrogen (secondary N) is 1. The van der Waals surface area contributed by atoms with Crippen LogP contribution in [0.5, 0.6) is 5.75 Å². The van der Waals surface area contributed by atoms with Gasteiger partial charge in [-0.05, 0) is 43.2 Å². The molecular formula is C20H25NO2S. The van der Waals surface area contributed by atoms with Crippen LogP contribution >= 0.6 is 11.8 Å². The first kappa shape index (κ1) is 18.4. The Morgan fingerprint density at radius 2 is 1.79 bits per heavy atom. The molecule has 2 aromatic rings. The number of methoxy groups -OCH3 is 1. The fourth-order valence-electron chi connectivity index (χ4n) is 2.50. The number of hydrogen-bond donors (Lipinski definition) is 1. The van der Waals surface area contributed by atoms with E-state index in [-0.39, 0.29) is 17.2 Å². The molecule has 0 aliphatic heterocycles. The van der Waals surface area contributed by atoms with Gasteiger partial charge in [0.15, 0.2) is 0 Å². The number of thioether (sulfide) groups is 1. The van der Waals surface area contributed by atoms with Gasteiger partial charge in [0, 0.05) is 4.90 Å². The van der Waals surface area contributed by atoms with E-state index in [0.29, 0.717) is 0 Å². The first-order valence-corrected chi connectivity index (χ1v) is 9.18. The van der Waals surface area contributed by atoms with E-state index in [2.05, 4.69) is 24.4 Å². The minimum atomic E-state index is -0.151. The molecule has 0 aliphatic carbocycles. The maximum absolute atomic E-state index is 12.6. The smallest absolute Gasteiger partial charge is 0.233 e. The number of benzene rings is 2. The highest BCUT2D eigenvalue weighted by Gasteiger charge is 2.19. The number of rotatable bonds is 8. The molecule has 0 fully saturated rings. The first-order chi connectivity index (χ1) is 11.6. The van der Waals surface area contributed by atoms with Crippen molar-refractivity contribution in [1.82, 2.24) is 5.32 Å². The van der Waals surface area contributed by atoms with Crippen LogP contribution in [-0.2, 0) is 4.79 Å². The van der Waals surface area contributed by atoms with Crippen LogP contribution in [0.2, 0.25) is 0 Å². The lowest BCUT2D eigenvalue weighted by atomic mass is 10.0. The molecule has 0 saturated heterocycles. The Morgan fingerprint density at radius 1 is 1.12 bits per heavy atom. The van der Waals surface area contributed by atoms with E-state index in [1.165, 1.54) is 0 Å². The summed E-state index contributed by atoms with van der Waals surface area (Å²) in [6.45, 7) is 4.08. The van der Waals surface area contributed by atoms with Crippen LogP contribution in [0.25, 0.3) is 0 Å². The van der Waals surface area contributed by atoms with E-state index >= 15 is 0 Å². The second kappa shape index (κ2) is 9.38. The monoisotopic (exact) mass is 343 g/mol. The molecule has 1 amide bonds. The summed E-state index contributed by atoms with van der Waals surface area (Å²) in [5.74, 6) is 0.890. The SMILES string of the molecule is CCCC(NC(=O)C(C)Sc1ccc(OC)cc1)c1ccccc1. The van der Waals surface area contributed by atoms with Crippen molar-refractivity contribution in [2.45, 2.75) is 42.9 Å². The zero-order valence-corrected chi connectivity index (χ0v) is 15.3. The van der Waals surface area contributed by atoms with Gasteiger partial charge >= 0.3 is 0 Å². The second-order valence-corrected chi connectivity index (χ2v) is 7.11. The summed E-state index contributed by atoms with van der Waals surface area (Å²) >= 11 is 1.56. The molecule has 0 heterocycles. The van der Waals surface area contributed by atoms with Crippen LogP contribution in [0.3, 0.4) is 0 Å². The van der Waals surface area contributed by atoms with Crippen LogP contribution in [0, 0.1) is 0 Å². The normalized spacial score (nSPS) is 13.1. The number of ether oxygens (including phenoxy) is 1. The van der Waals surface area contributed by atoms with Gasteiger partial charge in [-0.25, -0.2) is 0 Å². The van der Waals surface area contributed by atoms with Gasteiger partial charge in [0.2, 0.25) is 5.91 Å². The van der Waals surface area contributed by atoms with Crippen molar-refractivity contribution in [1.29, 1.82) is 0 Å². The van der Waals surface area contributed by atoms with Crippen molar-refractivity contribution < 1.29 is 9.53 Å². The molecule has 3 nitrogen and oxygen atoms in total. The highest BCUT2D eigenvalue weighted by atomic mass is 32.2. The number of hydrogen-bond acceptors (Lipinski definition) is 3. The first-order valence-electron chi connectivity index (χ1n) is 8.30. The van der Waals surface area contributed by atoms with Crippen molar-refractivity contribution >= 4 is 17.7 Å². The van der Waals surface area contributed by atoms with Crippen molar-refractivity contribution in [3.05, 3.63) is 60.2 Å². The topological polar surface area (TPSA) is 38.3 Å². The van der Waals surface area contributed by atoms with E-state index in [0.717, 1.165) is 29.1 Å². The fraction of sp³-hybridized carbons (Fsp3) is 0.350. The summed E-state index contributed by atoms with van der Waals surface area (Å²) in [7, 11) is 1.65. The molecule has 0 aliphatic rings. The average molecular weight is 343 g/mol. The summed E-state index contributed by atoms with van der Waals surface area (Å²) in [6, 6.07) is 18.0. The van der Waals surface area contributed by atoms with Crippen molar-refractivity contribution in [3.8, 4) is 5.75 Å². The van der Waals surface area contributed by atoms with Crippen LogP contribution < -0.4 is 10.1 Å². The molecular weight excluding hydrogens is 318 g/mol. The van der Waals surface area contributed by atoms with Gasteiger partial charge < -0.3 is 10.1 Å². The van der Waals surface area contributed by atoms with E-state index in [9.17, 15) is 4.79 Å². The molecule has 0 radical (unpaired) electrons. The van der Waals surface area contributed by atoms with E-state index in [4.69, 9.17) is 4.74 Å². The maximum atomic E-state index is 12.6. The Balaban J connectivity index is 1.97. The van der Waals surface area contributed by atoms with Crippen molar-refractivity contribution in [3.63, 3.8) is 0 Å². The zero-order valence-electron chi connectivity index (χ0n) is 14.5. The average Bonchev–Trinajstić information content (AvgIpc) is 2.62. The van der Waals surface area contributed by atoms with Crippen LogP contribution in [-0.4, -0.2) is 18.3 Å². The maximum Gasteiger partial charge on any atom is 0.233 e. The Morgan fingerprint density at radius 3 is 2.38 bits per heavy atom. The predicted molar refractivity (Wildman–Crippen MR) is 101 cm³/mol. The molecule has 1 N–H and O–H groups in total. The quantitative estimate of drug-likeness (QED) is 0.698. The van der Waals surface area contributed by atoms with Gasteiger partial charge in [-0.15, -0.1) is 11.8 Å². The van der Waals surface area contributed by atoms with Crippen molar-refractivity contribution in [2.24, 2.45) is 0 Å². The van der Waals surface area contributed by atoms with Gasteiger partial charge in [-0.2, -0.15) is 0 Å². The van der Waals surface area contributed by atoms with E-state index < -0.39 is 0 Å². The van der Waals surface area contributed by atoms with Gasteiger partial charge in [0.05, 0.1) is 18.4 Å². The Kier molecular flexibility index (Phi) is 7.19. The lowest BCUT2D eigenvalue weighted by Gasteiger charge is -2.21. The largest absolute Gasteiger partial charge is 0.497 e. The van der Waals surface area contributed by atoms with Gasteiger partial charge in [-0.1, -0.05) is 43.7 Å². The third-order valence-corrected chi connectivity index (χ3v) is 4.95. The molecule has 2 aromatic carbocycles. The highest BCUT2D eigenvalue weighted by molar-refractivity contribution is 8.00. The summed E-state index contributed by atoms with van der Waals surface area (Å²) in [5, 5.41) is 3.04. The molecule has 0 bridgehead atoms. The van der Waals surface area contributed by atoms with Gasteiger partial charge in [-0.3, -0.25) is 4.79 Å². The third kappa shape index (κ3) is 5.31. The third-order valence-electron chi connectivity index (χ3n) is 3.84. The fourth-order valence-corrected chi connectivity index (χ4v) is 3.37. The second-order valence-electron chi connectivity index (χ2n) is 5.70. The lowest BCUT2D eigenvalue weighted by Crippen LogP contribution is -2.34. The predicted octanol–water partition coefficient (Wildman–Crippen LogP) is 4.83. The summed E-state index contributed by atoms with van der Waals surface area (Å²) in [4.78, 5) is 13.6. The van der Waals surface area contributed by atoms with Gasteiger partial charge in [0.1, 0.15) is 5.75 Å². The minimum Gasteiger partial charge on any atom is -0.497 e. The van der Waals surface area contributed by atoms with Crippen LogP contribution in [0.1, 0.15) is 38.3 Å². The standard InChI is InChI=1S/C20H25NO2S/c1-4-8-19(16-9-6-5-7-10-16)21-20(22)15(2)24-18-13-11-17(23-3)12-14-18/h5-7,9-15,19H,4,8H2,1-3H3,(H,21,22). The summed E-state index contributed by atoms with van der Waals surface area (Å²) < 4.78 is 5.16. The molecule has 0 saturated carbocycles. The van der Waals surface area contributed by atoms with Gasteiger partial charge in [0.25, 0.3) is 0 Å². The van der Waals surface area contributed by atoms with E-state index in [1.807, 2.05) is 49.4 Å². The van der Waals surface area contributed by atoms with Crippen LogP contribution in [0.4, 0.5) is 0 Å². The number of carbonyl (C=O) groups excluding carboxylic acids is 1. The number of carbonyl (C=O) groups is 1. The molecule has 2 rings (SSSR count). The molecule has 2 atom stereocenters. The highest BCUT2D eigenvalue weighted by Crippen LogP contribution is 2.26. The molecule has 2 unspecified atom stereocenters. The zero-order chi connectivity index (χ0) is 17.4. The Bertz CT molecular complexity index is 628. The Labute approximate surface area is 148 Å². The minimum absolute atomic E-state index is 0.0677. The molecule has 0 spiro atoms. The molecule has 4 heteroatoms. The molecule has 0 aromatic heterocycles. The molecule has 128 valence electrons.